The van der Waals surface area contributed by atoms with Gasteiger partial charge in [0, 0.05) is 16.2 Å². The van der Waals surface area contributed by atoms with Gasteiger partial charge in [-0.2, -0.15) is 0 Å². The number of anilines is 1. The molecule has 1 aliphatic carbocycles. The molecule has 0 heterocycles. The fourth-order valence-corrected chi connectivity index (χ4v) is 2.69. The topological polar surface area (TPSA) is 41.1 Å². The van der Waals surface area contributed by atoms with Gasteiger partial charge < -0.3 is 10.6 Å². The van der Waals surface area contributed by atoms with Gasteiger partial charge in [-0.3, -0.25) is 4.79 Å². The molecule has 1 amide bonds. The van der Waals surface area contributed by atoms with Crippen molar-refractivity contribution in [1.29, 1.82) is 0 Å². The van der Waals surface area contributed by atoms with Crippen LogP contribution in [0.15, 0.2) is 22.7 Å². The average molecular weight is 325 g/mol. The molecule has 1 aromatic rings. The molecule has 1 aromatic carbocycles. The maximum absolute atomic E-state index is 12.1. The standard InChI is InChI=1S/C15H21BrN2O/c1-10-9-13(7-8-14(10)16)17-11(2)15(19)18-12-5-3-4-6-12/h7-9,11-12,17H,3-6H2,1-2H3,(H,18,19)/t11-/m0/s1. The zero-order chi connectivity index (χ0) is 13.8. The van der Waals surface area contributed by atoms with Gasteiger partial charge in [-0.05, 0) is 50.5 Å². The molecule has 0 saturated heterocycles. The van der Waals surface area contributed by atoms with Crippen molar-refractivity contribution in [2.45, 2.75) is 51.6 Å². The number of hydrogen-bond acceptors (Lipinski definition) is 2. The number of hydrogen-bond donors (Lipinski definition) is 2. The van der Waals surface area contributed by atoms with Crippen molar-refractivity contribution < 1.29 is 4.79 Å². The van der Waals surface area contributed by atoms with Crippen molar-refractivity contribution in [3.05, 3.63) is 28.2 Å². The molecule has 1 saturated carbocycles. The first kappa shape index (κ1) is 14.4. The maximum Gasteiger partial charge on any atom is 0.242 e. The molecule has 2 rings (SSSR count). The van der Waals surface area contributed by atoms with Crippen LogP contribution in [0.1, 0.15) is 38.2 Å². The van der Waals surface area contributed by atoms with Crippen LogP contribution in [0.5, 0.6) is 0 Å². The quantitative estimate of drug-likeness (QED) is 0.888. The second-order valence-electron chi connectivity index (χ2n) is 5.32. The third kappa shape index (κ3) is 3.96. The number of carbonyl (C=O) groups excluding carboxylic acids is 1. The van der Waals surface area contributed by atoms with E-state index in [1.807, 2.05) is 32.0 Å². The summed E-state index contributed by atoms with van der Waals surface area (Å²) < 4.78 is 1.08. The number of rotatable bonds is 4. The van der Waals surface area contributed by atoms with E-state index in [-0.39, 0.29) is 11.9 Å². The fraction of sp³-hybridized carbons (Fsp3) is 0.533. The van der Waals surface area contributed by atoms with E-state index >= 15 is 0 Å². The first-order valence-corrected chi connectivity index (χ1v) is 7.68. The molecule has 19 heavy (non-hydrogen) atoms. The lowest BCUT2D eigenvalue weighted by Gasteiger charge is -2.19. The van der Waals surface area contributed by atoms with Gasteiger partial charge in [-0.1, -0.05) is 28.8 Å². The Bertz CT molecular complexity index is 455. The van der Waals surface area contributed by atoms with E-state index in [0.717, 1.165) is 28.6 Å². The summed E-state index contributed by atoms with van der Waals surface area (Å²) in [5.41, 5.74) is 2.14. The lowest BCUT2D eigenvalue weighted by Crippen LogP contribution is -2.42. The van der Waals surface area contributed by atoms with Crippen molar-refractivity contribution in [1.82, 2.24) is 5.32 Å². The van der Waals surface area contributed by atoms with Crippen LogP contribution in [0, 0.1) is 6.92 Å². The molecule has 0 aromatic heterocycles. The first-order valence-electron chi connectivity index (χ1n) is 6.89. The van der Waals surface area contributed by atoms with E-state index < -0.39 is 0 Å². The van der Waals surface area contributed by atoms with E-state index in [2.05, 4.69) is 26.6 Å². The summed E-state index contributed by atoms with van der Waals surface area (Å²) in [6, 6.07) is 6.20. The highest BCUT2D eigenvalue weighted by molar-refractivity contribution is 9.10. The van der Waals surface area contributed by atoms with E-state index in [4.69, 9.17) is 0 Å². The molecule has 0 aliphatic heterocycles. The number of carbonyl (C=O) groups is 1. The minimum absolute atomic E-state index is 0.0903. The zero-order valence-electron chi connectivity index (χ0n) is 11.5. The second-order valence-corrected chi connectivity index (χ2v) is 6.17. The Morgan fingerprint density at radius 3 is 2.68 bits per heavy atom. The molecule has 1 atom stereocenters. The van der Waals surface area contributed by atoms with Crippen LogP contribution in [0.3, 0.4) is 0 Å². The van der Waals surface area contributed by atoms with E-state index in [1.165, 1.54) is 12.8 Å². The lowest BCUT2D eigenvalue weighted by atomic mass is 10.2. The summed E-state index contributed by atoms with van der Waals surface area (Å²) in [5, 5.41) is 6.36. The first-order chi connectivity index (χ1) is 9.06. The van der Waals surface area contributed by atoms with Gasteiger partial charge in [0.25, 0.3) is 0 Å². The third-order valence-corrected chi connectivity index (χ3v) is 4.53. The van der Waals surface area contributed by atoms with Crippen molar-refractivity contribution in [3.63, 3.8) is 0 Å². The van der Waals surface area contributed by atoms with Crippen LogP contribution in [-0.4, -0.2) is 18.0 Å². The molecule has 0 bridgehead atoms. The Labute approximate surface area is 123 Å². The minimum atomic E-state index is -0.207. The number of amides is 1. The number of aryl methyl sites for hydroxylation is 1. The monoisotopic (exact) mass is 324 g/mol. The van der Waals surface area contributed by atoms with Crippen molar-refractivity contribution in [2.75, 3.05) is 5.32 Å². The Hall–Kier alpha value is -1.03. The predicted molar refractivity (Wildman–Crippen MR) is 82.4 cm³/mol. The van der Waals surface area contributed by atoms with Crippen molar-refractivity contribution in [2.24, 2.45) is 0 Å². The molecule has 0 unspecified atom stereocenters. The van der Waals surface area contributed by atoms with Crippen molar-refractivity contribution >= 4 is 27.5 Å². The SMILES string of the molecule is Cc1cc(N[C@@H](C)C(=O)NC2CCCC2)ccc1Br. The predicted octanol–water partition coefficient (Wildman–Crippen LogP) is 3.62. The molecule has 3 nitrogen and oxygen atoms in total. The van der Waals surface area contributed by atoms with Gasteiger partial charge in [-0.15, -0.1) is 0 Å². The van der Waals surface area contributed by atoms with Gasteiger partial charge in [0.1, 0.15) is 6.04 Å². The molecule has 1 aliphatic rings. The molecule has 2 N–H and O–H groups in total. The van der Waals surface area contributed by atoms with Gasteiger partial charge >= 0.3 is 0 Å². The Morgan fingerprint density at radius 2 is 2.05 bits per heavy atom. The second kappa shape index (κ2) is 6.42. The van der Waals surface area contributed by atoms with Crippen LogP contribution >= 0.6 is 15.9 Å². The minimum Gasteiger partial charge on any atom is -0.374 e. The Morgan fingerprint density at radius 1 is 1.37 bits per heavy atom. The largest absolute Gasteiger partial charge is 0.374 e. The van der Waals surface area contributed by atoms with Crippen LogP contribution in [0.25, 0.3) is 0 Å². The molecule has 0 spiro atoms. The molecule has 0 radical (unpaired) electrons. The number of nitrogens with one attached hydrogen (secondary N) is 2. The summed E-state index contributed by atoms with van der Waals surface area (Å²) in [4.78, 5) is 12.1. The molecule has 104 valence electrons. The summed E-state index contributed by atoms with van der Waals surface area (Å²) >= 11 is 3.48. The smallest absolute Gasteiger partial charge is 0.242 e. The number of halogens is 1. The molecule has 1 fully saturated rings. The summed E-state index contributed by atoms with van der Waals surface area (Å²) in [7, 11) is 0. The van der Waals surface area contributed by atoms with E-state index in [9.17, 15) is 4.79 Å². The van der Waals surface area contributed by atoms with Gasteiger partial charge in [-0.25, -0.2) is 0 Å². The zero-order valence-corrected chi connectivity index (χ0v) is 13.1. The Balaban J connectivity index is 1.90. The Kier molecular flexibility index (Phi) is 4.86. The highest BCUT2D eigenvalue weighted by Gasteiger charge is 2.20. The van der Waals surface area contributed by atoms with Crippen LogP contribution < -0.4 is 10.6 Å². The van der Waals surface area contributed by atoms with Gasteiger partial charge in [0.2, 0.25) is 5.91 Å². The molecule has 4 heteroatoms. The summed E-state index contributed by atoms with van der Waals surface area (Å²) in [6.07, 6.45) is 4.71. The number of benzene rings is 1. The van der Waals surface area contributed by atoms with Crippen LogP contribution in [0.2, 0.25) is 0 Å². The normalized spacial score (nSPS) is 17.2. The van der Waals surface area contributed by atoms with E-state index in [0.29, 0.717) is 6.04 Å². The van der Waals surface area contributed by atoms with Gasteiger partial charge in [0.15, 0.2) is 0 Å². The van der Waals surface area contributed by atoms with Gasteiger partial charge in [0.05, 0.1) is 0 Å². The third-order valence-electron chi connectivity index (χ3n) is 3.64. The van der Waals surface area contributed by atoms with Crippen molar-refractivity contribution in [3.8, 4) is 0 Å². The maximum atomic E-state index is 12.1. The highest BCUT2D eigenvalue weighted by Crippen LogP contribution is 2.21. The average Bonchev–Trinajstić information content (AvgIpc) is 2.86. The lowest BCUT2D eigenvalue weighted by molar-refractivity contribution is -0.122. The van der Waals surface area contributed by atoms with Crippen LogP contribution in [0.4, 0.5) is 5.69 Å². The fourth-order valence-electron chi connectivity index (χ4n) is 2.45. The van der Waals surface area contributed by atoms with E-state index in [1.54, 1.807) is 0 Å². The summed E-state index contributed by atoms with van der Waals surface area (Å²) in [6.45, 7) is 3.94. The summed E-state index contributed by atoms with van der Waals surface area (Å²) in [5.74, 6) is 0.0903. The molecular formula is C15H21BrN2O. The van der Waals surface area contributed by atoms with Crippen LogP contribution in [-0.2, 0) is 4.79 Å². The molecular weight excluding hydrogens is 304 g/mol. The highest BCUT2D eigenvalue weighted by atomic mass is 79.9.